The monoisotopic (exact) mass is 1790 g/mol. The molecule has 26 nitrogen and oxygen atoms in total. The van der Waals surface area contributed by atoms with Crippen molar-refractivity contribution < 1.29 is 17.6 Å². The van der Waals surface area contributed by atoms with Crippen molar-refractivity contribution in [1.29, 1.82) is 0 Å². The highest BCUT2D eigenvalue weighted by molar-refractivity contribution is 6.33. The summed E-state index contributed by atoms with van der Waals surface area (Å²) in [6, 6.07) is 43.3. The first-order valence-electron chi connectivity index (χ1n) is 40.1. The SMILES string of the molecule is C=C1CCc2cc(-c3nc(C4C5CC5c5cc(-c6cc(Cl)ccc6-n6cc(C(F)(F)F)nn6)cc(=O)n54)[nH]c3Cl)ccc2N1.C=C1CCc2cc(-c3nc(C4C5CC5c5cc(-c6cc(Cl)ccc6-n6cc(Cl)nn6)cc(=O)n54)[nH]c3Cl)ccc2N1.Cc1nn(C)c2cc(-c3nc(C4C5CC5c5cc(-c6cc(Cl)ccc6-n6cnnn6)cc(=O)n54)[nH]c3F)ccc12. The topological polar surface area (TPSA) is 299 Å². The second-order valence-corrected chi connectivity index (χ2v) is 35.2. The number of halogens is 10. The van der Waals surface area contributed by atoms with E-state index in [0.717, 1.165) is 157 Å². The summed E-state index contributed by atoms with van der Waals surface area (Å²) in [5, 5.41) is 41.2. The molecule has 624 valence electrons. The summed E-state index contributed by atoms with van der Waals surface area (Å²) in [6.07, 6.45) is 5.58. The lowest BCUT2D eigenvalue weighted by atomic mass is 9.98. The van der Waals surface area contributed by atoms with E-state index in [-0.39, 0.29) is 81.2 Å². The summed E-state index contributed by atoms with van der Waals surface area (Å²) in [5.41, 5.74) is 19.1. The Labute approximate surface area is 735 Å². The number of rotatable bonds is 12. The zero-order valence-electron chi connectivity index (χ0n) is 65.7. The number of benzene rings is 6. The molecule has 3 saturated carbocycles. The summed E-state index contributed by atoms with van der Waals surface area (Å²) in [5.74, 6) is 2.45. The summed E-state index contributed by atoms with van der Waals surface area (Å²) in [7, 11) is 1.87. The number of nitrogens with one attached hydrogen (secondary N) is 5. The van der Waals surface area contributed by atoms with Gasteiger partial charge < -0.3 is 39.3 Å². The minimum atomic E-state index is -4.64. The van der Waals surface area contributed by atoms with E-state index in [2.05, 4.69) is 98.2 Å². The number of nitrogens with zero attached hydrogens (tertiary/aromatic N) is 18. The van der Waals surface area contributed by atoms with E-state index >= 15 is 4.39 Å². The van der Waals surface area contributed by atoms with E-state index < -0.39 is 17.8 Å². The van der Waals surface area contributed by atoms with Gasteiger partial charge in [0.25, 0.3) is 16.7 Å². The number of fused-ring (bicyclic) bond motifs is 12. The number of aromatic amines is 3. The van der Waals surface area contributed by atoms with Gasteiger partial charge in [0.05, 0.1) is 58.8 Å². The average Bonchev–Trinajstić information content (AvgIpc) is 1.55. The molecule has 8 aliphatic rings. The van der Waals surface area contributed by atoms with E-state index in [1.807, 2.05) is 91.3 Å². The summed E-state index contributed by atoms with van der Waals surface area (Å²) >= 11 is 38.5. The standard InChI is InChI=1S/C31H22Cl2F3N7O.C30H22Cl3N7O.C28H21ClFN9O/c1-14-2-3-15-8-16(4-6-22(15)37-14)27-29(33)39-30(38-27)28-21-12-20(21)24-9-17(10-26(44)43(24)28)19-11-18(32)5-7-23(19)42-13-25(40-41-42)31(34,35)36;1-14-2-3-15-8-16(4-6-22(15)34-14)27-29(33)36-30(35-27)28-21-12-20(21)24-9-17(10-26(41)40(24)28)19-11-18(31)5-7-23(19)39-13-25(32)37-38-39;1-13-17-5-3-14(7-22(17)37(2)34-13)25-27(30)33-28(32-25)26-20-11-19(20)23-8-15(9-24(40)39(23)26)18-10-16(29)4-6-21(18)38-12-31-35-36-38/h4-11,13,20-21,28,37H,1-3,12H2,(H,38,39);4-11,13,20-21,28,34H,1-3,12H2,(H,35,36);3-10,12,19-20,26H,11H2,1-2H3,(H,32,33). The summed E-state index contributed by atoms with van der Waals surface area (Å²) in [4.78, 5) is 65.0. The average molecular weight is 1790 g/mol. The number of imidazole rings is 3. The first-order chi connectivity index (χ1) is 60.2. The molecule has 16 aromatic rings. The smallest absolute Gasteiger partial charge is 0.359 e. The predicted molar refractivity (Wildman–Crippen MR) is 466 cm³/mol. The first-order valence-corrected chi connectivity index (χ1v) is 42.4. The molecular formula is C89H65Cl6F4N23O3. The highest BCUT2D eigenvalue weighted by Gasteiger charge is 2.57. The molecule has 0 amide bonds. The van der Waals surface area contributed by atoms with Crippen LogP contribution in [0.15, 0.2) is 203 Å². The number of aryl methyl sites for hydroxylation is 4. The normalized spacial score (nSPS) is 20.0. The van der Waals surface area contributed by atoms with Crippen molar-refractivity contribution in [3.05, 3.63) is 313 Å². The zero-order chi connectivity index (χ0) is 85.8. The Kier molecular flexibility index (Phi) is 18.4. The second kappa shape index (κ2) is 29.4. The van der Waals surface area contributed by atoms with Crippen LogP contribution in [0.25, 0.3) is 95.1 Å². The van der Waals surface area contributed by atoms with E-state index in [1.165, 1.54) is 22.6 Å². The van der Waals surface area contributed by atoms with Gasteiger partial charge in [-0.2, -0.15) is 27.3 Å². The van der Waals surface area contributed by atoms with Crippen molar-refractivity contribution in [2.75, 3.05) is 10.6 Å². The molecule has 5 N–H and O–H groups in total. The number of tetrazole rings is 1. The van der Waals surface area contributed by atoms with Gasteiger partial charge in [0.2, 0.25) is 5.95 Å². The lowest BCUT2D eigenvalue weighted by Crippen LogP contribution is -2.26. The Hall–Kier alpha value is -12.8. The van der Waals surface area contributed by atoms with E-state index in [9.17, 15) is 27.6 Å². The van der Waals surface area contributed by atoms with Gasteiger partial charge in [-0.25, -0.2) is 24.3 Å². The fourth-order valence-corrected chi connectivity index (χ4v) is 20.3. The van der Waals surface area contributed by atoms with Gasteiger partial charge in [-0.05, 0) is 211 Å². The Balaban J connectivity index is 0.000000111. The van der Waals surface area contributed by atoms with Gasteiger partial charge in [-0.1, -0.05) is 117 Å². The quantitative estimate of drug-likeness (QED) is 0.0710. The van der Waals surface area contributed by atoms with E-state index in [4.69, 9.17) is 84.6 Å². The molecule has 10 aromatic heterocycles. The molecule has 0 radical (unpaired) electrons. The largest absolute Gasteiger partial charge is 0.436 e. The summed E-state index contributed by atoms with van der Waals surface area (Å²) < 4.78 is 66.3. The molecule has 9 atom stereocenters. The lowest BCUT2D eigenvalue weighted by Gasteiger charge is -2.20. The maximum Gasteiger partial charge on any atom is 0.436 e. The molecule has 36 heteroatoms. The number of hydrogen-bond acceptors (Lipinski definition) is 16. The third-order valence-electron chi connectivity index (χ3n) is 25.1. The molecule has 5 aliphatic heterocycles. The van der Waals surface area contributed by atoms with E-state index in [0.29, 0.717) is 82.3 Å². The maximum atomic E-state index is 15.3. The highest BCUT2D eigenvalue weighted by atomic mass is 35.5. The fraction of sp³-hybridized carbons (Fsp3) is 0.213. The Morgan fingerprint density at radius 2 is 0.912 bits per heavy atom. The van der Waals surface area contributed by atoms with Crippen molar-refractivity contribution in [3.8, 4) is 84.2 Å². The first kappa shape index (κ1) is 78.2. The molecule has 0 spiro atoms. The van der Waals surface area contributed by atoms with Crippen molar-refractivity contribution in [1.82, 2.24) is 104 Å². The molecule has 15 heterocycles. The van der Waals surface area contributed by atoms with Gasteiger partial charge in [-0.15, -0.1) is 15.3 Å². The number of H-pyrrole nitrogens is 3. The molecular weight excluding hydrogens is 1730 g/mol. The third-order valence-corrected chi connectivity index (χ3v) is 26.5. The van der Waals surface area contributed by atoms with Crippen molar-refractivity contribution in [3.63, 3.8) is 0 Å². The second-order valence-electron chi connectivity index (χ2n) is 32.8. The molecule has 9 unspecified atom stereocenters. The van der Waals surface area contributed by atoms with Crippen LogP contribution in [0.4, 0.5) is 28.9 Å². The van der Waals surface area contributed by atoms with Crippen molar-refractivity contribution in [2.45, 2.75) is 93.9 Å². The number of pyridine rings is 3. The highest BCUT2D eigenvalue weighted by Crippen LogP contribution is 2.64. The minimum absolute atomic E-state index is 0.105. The van der Waals surface area contributed by atoms with Crippen molar-refractivity contribution in [2.24, 2.45) is 24.8 Å². The number of allylic oxidation sites excluding steroid dienone is 2. The van der Waals surface area contributed by atoms with Gasteiger partial charge in [-0.3, -0.25) is 19.1 Å². The molecule has 6 aromatic carbocycles. The van der Waals surface area contributed by atoms with Crippen LogP contribution >= 0.6 is 69.6 Å². The fourth-order valence-electron chi connectivity index (χ4n) is 19.1. The Morgan fingerprint density at radius 1 is 0.472 bits per heavy atom. The number of aromatic nitrogens is 21. The predicted octanol–water partition coefficient (Wildman–Crippen LogP) is 19.0. The van der Waals surface area contributed by atoms with Gasteiger partial charge in [0.1, 0.15) is 51.2 Å². The van der Waals surface area contributed by atoms with Gasteiger partial charge in [0.15, 0.2) is 10.8 Å². The van der Waals surface area contributed by atoms with Crippen molar-refractivity contribution >= 4 is 91.9 Å². The third kappa shape index (κ3) is 13.6. The van der Waals surface area contributed by atoms with Crippen LogP contribution in [0.5, 0.6) is 0 Å². The number of anilines is 2. The van der Waals surface area contributed by atoms with Crippen LogP contribution in [0.1, 0.15) is 125 Å². The van der Waals surface area contributed by atoms with E-state index in [1.54, 1.807) is 73.2 Å². The summed E-state index contributed by atoms with van der Waals surface area (Å²) in [6.45, 7) is 10.0. The molecule has 0 saturated heterocycles. The number of hydrogen-bond donors (Lipinski definition) is 5. The molecule has 3 aliphatic carbocycles. The van der Waals surface area contributed by atoms with Crippen LogP contribution in [0.2, 0.25) is 30.5 Å². The number of alkyl halides is 3. The van der Waals surface area contributed by atoms with Gasteiger partial charge >= 0.3 is 6.18 Å². The van der Waals surface area contributed by atoms with Gasteiger partial charge in [0, 0.05) is 137 Å². The maximum absolute atomic E-state index is 15.3. The molecule has 0 bridgehead atoms. The van der Waals surface area contributed by atoms with Crippen LogP contribution in [-0.4, -0.2) is 104 Å². The molecule has 125 heavy (non-hydrogen) atoms. The van der Waals surface area contributed by atoms with Crippen LogP contribution < -0.4 is 27.3 Å². The minimum Gasteiger partial charge on any atom is -0.359 e. The van der Waals surface area contributed by atoms with Crippen LogP contribution in [0, 0.1) is 30.6 Å². The Morgan fingerprint density at radius 3 is 1.36 bits per heavy atom. The Bertz CT molecular complexity index is 7480. The zero-order valence-corrected chi connectivity index (χ0v) is 70.2. The lowest BCUT2D eigenvalue weighted by molar-refractivity contribution is -0.141. The van der Waals surface area contributed by atoms with Crippen LogP contribution in [-0.2, 0) is 26.1 Å². The van der Waals surface area contributed by atoms with Crippen LogP contribution in [0.3, 0.4) is 0 Å². The molecule has 3 fully saturated rings. The molecule has 24 rings (SSSR count).